The fourth-order valence-corrected chi connectivity index (χ4v) is 2.74. The summed E-state index contributed by atoms with van der Waals surface area (Å²) in [4.78, 5) is 14.5. The van der Waals surface area contributed by atoms with Crippen molar-refractivity contribution in [2.45, 2.75) is 13.0 Å². The number of hydrogen-bond acceptors (Lipinski definition) is 7. The van der Waals surface area contributed by atoms with Gasteiger partial charge in [-0.05, 0) is 63.0 Å². The first kappa shape index (κ1) is 26.1. The van der Waals surface area contributed by atoms with Crippen molar-refractivity contribution in [2.75, 3.05) is 46.3 Å². The Bertz CT molecular complexity index is 859. The van der Waals surface area contributed by atoms with E-state index in [2.05, 4.69) is 5.32 Å². The number of likely N-dealkylation sites (N-methyl/N-ethyl adjacent to an activating group) is 1. The lowest BCUT2D eigenvalue weighted by Crippen LogP contribution is -2.23. The minimum Gasteiger partial charge on any atom is -0.490 e. The van der Waals surface area contributed by atoms with Gasteiger partial charge in [-0.2, -0.15) is 0 Å². The Labute approximate surface area is 189 Å². The van der Waals surface area contributed by atoms with Crippen molar-refractivity contribution in [1.82, 2.24) is 4.90 Å². The lowest BCUT2D eigenvalue weighted by molar-refractivity contribution is -0.141. The van der Waals surface area contributed by atoms with E-state index in [0.717, 1.165) is 6.54 Å². The van der Waals surface area contributed by atoms with Crippen LogP contribution in [0.2, 0.25) is 0 Å². The Morgan fingerprint density at radius 2 is 1.81 bits per heavy atom. The number of ether oxygens (including phenoxy) is 3. The van der Waals surface area contributed by atoms with Crippen LogP contribution >= 0.6 is 12.4 Å². The van der Waals surface area contributed by atoms with Crippen LogP contribution in [0.4, 0.5) is 5.69 Å². The largest absolute Gasteiger partial charge is 0.490 e. The highest BCUT2D eigenvalue weighted by atomic mass is 35.5. The highest BCUT2D eigenvalue weighted by Gasteiger charge is 2.23. The van der Waals surface area contributed by atoms with Crippen molar-refractivity contribution in [2.24, 2.45) is 5.73 Å². The zero-order valence-corrected chi connectivity index (χ0v) is 19.1. The van der Waals surface area contributed by atoms with Crippen molar-refractivity contribution in [3.05, 3.63) is 53.6 Å². The molecule has 0 amide bonds. The first-order chi connectivity index (χ1) is 14.3. The summed E-state index contributed by atoms with van der Waals surface area (Å²) < 4.78 is 16.6. The first-order valence-corrected chi connectivity index (χ1v) is 9.68. The molecular formula is C22H31ClN4O4. The number of hydrogen-bond donors (Lipinski definition) is 3. The summed E-state index contributed by atoms with van der Waals surface area (Å²) in [6.45, 7) is 3.66. The van der Waals surface area contributed by atoms with E-state index in [1.54, 1.807) is 36.4 Å². The highest BCUT2D eigenvalue weighted by Crippen LogP contribution is 2.32. The number of nitrogens with one attached hydrogen (secondary N) is 2. The third-order valence-electron chi connectivity index (χ3n) is 4.34. The third-order valence-corrected chi connectivity index (χ3v) is 4.34. The van der Waals surface area contributed by atoms with Gasteiger partial charge in [0, 0.05) is 17.8 Å². The van der Waals surface area contributed by atoms with Gasteiger partial charge in [-0.3, -0.25) is 5.41 Å². The molecule has 1 atom stereocenters. The summed E-state index contributed by atoms with van der Waals surface area (Å²) >= 11 is 0. The van der Waals surface area contributed by atoms with E-state index in [9.17, 15) is 4.79 Å². The molecule has 170 valence electrons. The van der Waals surface area contributed by atoms with E-state index in [-0.39, 0.29) is 18.2 Å². The second-order valence-corrected chi connectivity index (χ2v) is 6.88. The van der Waals surface area contributed by atoms with E-state index < -0.39 is 12.0 Å². The van der Waals surface area contributed by atoms with Gasteiger partial charge in [-0.1, -0.05) is 6.07 Å². The topological polar surface area (TPSA) is 110 Å². The Morgan fingerprint density at radius 3 is 2.35 bits per heavy atom. The van der Waals surface area contributed by atoms with Gasteiger partial charge in [0.25, 0.3) is 0 Å². The van der Waals surface area contributed by atoms with E-state index >= 15 is 0 Å². The second kappa shape index (κ2) is 12.7. The van der Waals surface area contributed by atoms with Crippen LogP contribution in [0, 0.1) is 5.41 Å². The van der Waals surface area contributed by atoms with Crippen LogP contribution in [0.5, 0.6) is 11.5 Å². The van der Waals surface area contributed by atoms with Crippen molar-refractivity contribution >= 4 is 29.9 Å². The minimum atomic E-state index is -0.742. The van der Waals surface area contributed by atoms with Crippen LogP contribution in [-0.2, 0) is 9.53 Å². The number of anilines is 1. The fourth-order valence-electron chi connectivity index (χ4n) is 2.74. The molecule has 9 heteroatoms. The molecule has 8 nitrogen and oxygen atoms in total. The van der Waals surface area contributed by atoms with E-state index in [1.165, 1.54) is 7.11 Å². The molecule has 2 aromatic carbocycles. The molecule has 0 aliphatic heterocycles. The van der Waals surface area contributed by atoms with Gasteiger partial charge in [0.15, 0.2) is 17.5 Å². The normalized spacial score (nSPS) is 11.3. The number of nitrogen functional groups attached to an aromatic ring is 1. The summed E-state index contributed by atoms with van der Waals surface area (Å²) in [7, 11) is 5.30. The van der Waals surface area contributed by atoms with Gasteiger partial charge in [0.05, 0.1) is 13.7 Å². The smallest absolute Gasteiger partial charge is 0.332 e. The zero-order chi connectivity index (χ0) is 22.1. The number of esters is 1. The first-order valence-electron chi connectivity index (χ1n) is 9.68. The molecule has 2 aromatic rings. The summed E-state index contributed by atoms with van der Waals surface area (Å²) in [6, 6.07) is 11.6. The molecule has 1 unspecified atom stereocenters. The predicted octanol–water partition coefficient (Wildman–Crippen LogP) is 3.06. The molecule has 2 rings (SSSR count). The van der Waals surface area contributed by atoms with Crippen molar-refractivity contribution in [3.63, 3.8) is 0 Å². The molecule has 0 bridgehead atoms. The van der Waals surface area contributed by atoms with Crippen molar-refractivity contribution in [3.8, 4) is 11.5 Å². The molecule has 0 heterocycles. The van der Waals surface area contributed by atoms with Crippen molar-refractivity contribution < 1.29 is 19.0 Å². The summed E-state index contributed by atoms with van der Waals surface area (Å²) in [5.41, 5.74) is 7.48. The molecule has 0 fully saturated rings. The molecule has 0 saturated heterocycles. The molecule has 0 spiro atoms. The lowest BCUT2D eigenvalue weighted by atomic mass is 10.1. The summed E-state index contributed by atoms with van der Waals surface area (Å²) in [6.07, 6.45) is 0. The number of nitrogens with two attached hydrogens (primary N) is 1. The van der Waals surface area contributed by atoms with E-state index in [4.69, 9.17) is 25.4 Å². The number of methoxy groups -OCH3 is 1. The molecule has 31 heavy (non-hydrogen) atoms. The fraction of sp³-hybridized carbons (Fsp3) is 0.364. The average molecular weight is 451 g/mol. The Kier molecular flexibility index (Phi) is 10.6. The molecular weight excluding hydrogens is 420 g/mol. The van der Waals surface area contributed by atoms with Gasteiger partial charge in [0.1, 0.15) is 12.4 Å². The maximum absolute atomic E-state index is 12.5. The molecule has 0 aliphatic carbocycles. The predicted molar refractivity (Wildman–Crippen MR) is 125 cm³/mol. The minimum absolute atomic E-state index is 0. The Balaban J connectivity index is 0.00000480. The van der Waals surface area contributed by atoms with Crippen LogP contribution in [-0.4, -0.2) is 57.7 Å². The third kappa shape index (κ3) is 7.66. The molecule has 0 aromatic heterocycles. The van der Waals surface area contributed by atoms with Crippen LogP contribution in [0.25, 0.3) is 0 Å². The quantitative estimate of drug-likeness (QED) is 0.274. The Morgan fingerprint density at radius 1 is 1.13 bits per heavy atom. The van der Waals surface area contributed by atoms with Crippen LogP contribution in [0.1, 0.15) is 24.1 Å². The Hall–Kier alpha value is -2.97. The molecule has 0 aliphatic rings. The number of carbonyl (C=O) groups is 1. The monoisotopic (exact) mass is 450 g/mol. The van der Waals surface area contributed by atoms with E-state index in [1.807, 2.05) is 32.0 Å². The molecule has 0 saturated carbocycles. The second-order valence-electron chi connectivity index (χ2n) is 6.88. The summed E-state index contributed by atoms with van der Waals surface area (Å²) in [5, 5.41) is 10.7. The number of carbonyl (C=O) groups excluding carboxylic acids is 1. The standard InChI is InChI=1S/C22H30N4O4.ClH/c1-5-29-19-14-16(8-11-18(19)30-13-12-26(2)3)20(22(27)28-4)25-17-9-6-15(7-10-17)21(23)24;/h6-11,14,20,25H,5,12-13H2,1-4H3,(H3,23,24);1H. The van der Waals surface area contributed by atoms with E-state index in [0.29, 0.717) is 41.5 Å². The maximum atomic E-state index is 12.5. The summed E-state index contributed by atoms with van der Waals surface area (Å²) in [5.74, 6) is 0.736. The van der Waals surface area contributed by atoms with Gasteiger partial charge < -0.3 is 30.2 Å². The van der Waals surface area contributed by atoms with Gasteiger partial charge in [-0.15, -0.1) is 12.4 Å². The molecule has 4 N–H and O–H groups in total. The number of nitrogens with zero attached hydrogens (tertiary/aromatic N) is 1. The van der Waals surface area contributed by atoms with Gasteiger partial charge >= 0.3 is 5.97 Å². The number of amidine groups is 1. The average Bonchev–Trinajstić information content (AvgIpc) is 2.72. The molecule has 0 radical (unpaired) electrons. The SMILES string of the molecule is CCOc1cc(C(Nc2ccc(C(=N)N)cc2)C(=O)OC)ccc1OCCN(C)C.Cl. The van der Waals surface area contributed by atoms with Gasteiger partial charge in [-0.25, -0.2) is 4.79 Å². The zero-order valence-electron chi connectivity index (χ0n) is 18.3. The van der Waals surface area contributed by atoms with Crippen molar-refractivity contribution in [1.29, 1.82) is 5.41 Å². The number of rotatable bonds is 11. The van der Waals surface area contributed by atoms with Crippen LogP contribution in [0.3, 0.4) is 0 Å². The number of halogens is 1. The van der Waals surface area contributed by atoms with Crippen LogP contribution in [0.15, 0.2) is 42.5 Å². The lowest BCUT2D eigenvalue weighted by Gasteiger charge is -2.20. The maximum Gasteiger partial charge on any atom is 0.332 e. The number of benzene rings is 2. The highest BCUT2D eigenvalue weighted by molar-refractivity contribution is 5.95. The van der Waals surface area contributed by atoms with Gasteiger partial charge in [0.2, 0.25) is 0 Å². The van der Waals surface area contributed by atoms with Crippen LogP contribution < -0.4 is 20.5 Å².